The molecule has 1 aromatic heterocycles. The van der Waals surface area contributed by atoms with Crippen molar-refractivity contribution < 1.29 is 27.5 Å². The van der Waals surface area contributed by atoms with Gasteiger partial charge in [-0.3, -0.25) is 9.59 Å². The smallest absolute Gasteiger partial charge is 0.416 e. The van der Waals surface area contributed by atoms with E-state index in [1.165, 1.54) is 0 Å². The van der Waals surface area contributed by atoms with Crippen LogP contribution in [-0.2, 0) is 11.0 Å². The Kier molecular flexibility index (Phi) is 4.77. The molecule has 3 heterocycles. The molecule has 152 valence electrons. The minimum absolute atomic E-state index is 0.0637. The lowest BCUT2D eigenvalue weighted by molar-refractivity contribution is -0.137. The fourth-order valence-electron chi connectivity index (χ4n) is 3.31. The average Bonchev–Trinajstić information content (AvgIpc) is 2.72. The van der Waals surface area contributed by atoms with Crippen LogP contribution in [0.4, 0.5) is 24.7 Å². The predicted octanol–water partition coefficient (Wildman–Crippen LogP) is 2.39. The van der Waals surface area contributed by atoms with Gasteiger partial charge in [0.25, 0.3) is 11.8 Å². The number of pyridine rings is 1. The minimum atomic E-state index is -4.43. The third-order valence-corrected chi connectivity index (χ3v) is 4.82. The Balaban J connectivity index is 1.43. The van der Waals surface area contributed by atoms with Gasteiger partial charge < -0.3 is 19.9 Å². The molecule has 7 nitrogen and oxygen atoms in total. The van der Waals surface area contributed by atoms with E-state index < -0.39 is 11.7 Å². The first kappa shape index (κ1) is 19.0. The molecule has 2 aliphatic rings. The van der Waals surface area contributed by atoms with Crippen molar-refractivity contribution in [1.29, 1.82) is 0 Å². The number of piperazine rings is 1. The number of carbonyl (C=O) groups excluding carboxylic acids is 2. The topological polar surface area (TPSA) is 74.8 Å². The molecule has 1 fully saturated rings. The van der Waals surface area contributed by atoms with Crippen LogP contribution < -0.4 is 15.0 Å². The maximum atomic E-state index is 12.9. The van der Waals surface area contributed by atoms with E-state index in [1.54, 1.807) is 28.0 Å². The quantitative estimate of drug-likeness (QED) is 0.829. The number of alkyl halides is 3. The molecule has 1 aromatic carbocycles. The molecule has 0 bridgehead atoms. The van der Waals surface area contributed by atoms with E-state index in [4.69, 9.17) is 4.74 Å². The summed E-state index contributed by atoms with van der Waals surface area (Å²) in [6.45, 7) is 1.36. The van der Waals surface area contributed by atoms with Crippen LogP contribution in [0.25, 0.3) is 0 Å². The van der Waals surface area contributed by atoms with E-state index in [1.807, 2.05) is 0 Å². The van der Waals surface area contributed by atoms with Gasteiger partial charge in [0.1, 0.15) is 11.6 Å². The van der Waals surface area contributed by atoms with Crippen molar-refractivity contribution in [2.75, 3.05) is 43.0 Å². The SMILES string of the molecule is O=C1COc2ccc(C(=O)N3CCN(c4cc(C(F)(F)F)ccn4)CC3)cc2N1. The van der Waals surface area contributed by atoms with Gasteiger partial charge in [0, 0.05) is 37.9 Å². The van der Waals surface area contributed by atoms with Crippen LogP contribution in [0.15, 0.2) is 36.5 Å². The number of amides is 2. The molecule has 1 N–H and O–H groups in total. The molecule has 0 saturated carbocycles. The largest absolute Gasteiger partial charge is 0.482 e. The Labute approximate surface area is 164 Å². The fraction of sp³-hybridized carbons (Fsp3) is 0.316. The lowest BCUT2D eigenvalue weighted by Crippen LogP contribution is -2.49. The Bertz CT molecular complexity index is 956. The first-order valence-electron chi connectivity index (χ1n) is 8.95. The van der Waals surface area contributed by atoms with E-state index >= 15 is 0 Å². The average molecular weight is 406 g/mol. The minimum Gasteiger partial charge on any atom is -0.482 e. The summed E-state index contributed by atoms with van der Waals surface area (Å²) < 4.78 is 44.0. The molecule has 0 atom stereocenters. The summed E-state index contributed by atoms with van der Waals surface area (Å²) in [4.78, 5) is 31.6. The molecule has 4 rings (SSSR count). The van der Waals surface area contributed by atoms with Gasteiger partial charge in [0.15, 0.2) is 6.61 Å². The summed E-state index contributed by atoms with van der Waals surface area (Å²) in [5, 5.41) is 2.66. The maximum Gasteiger partial charge on any atom is 0.416 e. The summed E-state index contributed by atoms with van der Waals surface area (Å²) in [7, 11) is 0. The van der Waals surface area contributed by atoms with E-state index in [0.29, 0.717) is 43.2 Å². The van der Waals surface area contributed by atoms with Crippen molar-refractivity contribution in [3.63, 3.8) is 0 Å². The normalized spacial score (nSPS) is 16.7. The molecule has 0 radical (unpaired) electrons. The number of nitrogens with one attached hydrogen (secondary N) is 1. The Morgan fingerprint density at radius 2 is 1.86 bits per heavy atom. The number of hydrogen-bond acceptors (Lipinski definition) is 5. The summed E-state index contributed by atoms with van der Waals surface area (Å²) in [5.74, 6) is 0.232. The van der Waals surface area contributed by atoms with Gasteiger partial charge in [-0.15, -0.1) is 0 Å². The lowest BCUT2D eigenvalue weighted by atomic mass is 10.1. The Hall–Kier alpha value is -3.30. The highest BCUT2D eigenvalue weighted by atomic mass is 19.4. The van der Waals surface area contributed by atoms with Crippen molar-refractivity contribution in [1.82, 2.24) is 9.88 Å². The molecule has 29 heavy (non-hydrogen) atoms. The highest BCUT2D eigenvalue weighted by Crippen LogP contribution is 2.31. The fourth-order valence-corrected chi connectivity index (χ4v) is 3.31. The zero-order valence-electron chi connectivity index (χ0n) is 15.2. The molecular formula is C19H17F3N4O3. The van der Waals surface area contributed by atoms with Crippen molar-refractivity contribution in [3.05, 3.63) is 47.7 Å². The number of nitrogens with zero attached hydrogens (tertiary/aromatic N) is 3. The van der Waals surface area contributed by atoms with Gasteiger partial charge in [-0.1, -0.05) is 0 Å². The van der Waals surface area contributed by atoms with Crippen molar-refractivity contribution in [2.45, 2.75) is 6.18 Å². The second-order valence-electron chi connectivity index (χ2n) is 6.73. The Morgan fingerprint density at radius 1 is 1.10 bits per heavy atom. The van der Waals surface area contributed by atoms with Crippen molar-refractivity contribution in [2.24, 2.45) is 0 Å². The molecule has 2 aliphatic heterocycles. The summed E-state index contributed by atoms with van der Waals surface area (Å²) in [5.41, 5.74) is 0.0958. The molecule has 0 spiro atoms. The number of ether oxygens (including phenoxy) is 1. The summed E-state index contributed by atoms with van der Waals surface area (Å²) in [6, 6.07) is 6.77. The molecule has 0 unspecified atom stereocenters. The molecular weight excluding hydrogens is 389 g/mol. The van der Waals surface area contributed by atoms with Gasteiger partial charge in [-0.05, 0) is 30.3 Å². The molecule has 2 amide bonds. The number of carbonyl (C=O) groups is 2. The van der Waals surface area contributed by atoms with Gasteiger partial charge in [0.05, 0.1) is 11.3 Å². The molecule has 1 saturated heterocycles. The van der Waals surface area contributed by atoms with Gasteiger partial charge in [-0.2, -0.15) is 13.2 Å². The standard InChI is InChI=1S/C19H17F3N4O3/c20-19(21,22)13-3-4-23-16(10-13)25-5-7-26(8-6-25)18(28)12-1-2-15-14(9-12)24-17(27)11-29-15/h1-4,9-10H,5-8,11H2,(H,24,27). The van der Waals surface area contributed by atoms with E-state index in [9.17, 15) is 22.8 Å². The first-order valence-corrected chi connectivity index (χ1v) is 8.95. The van der Waals surface area contributed by atoms with Crippen LogP contribution in [0, 0.1) is 0 Å². The Morgan fingerprint density at radius 3 is 2.59 bits per heavy atom. The molecule has 2 aromatic rings. The van der Waals surface area contributed by atoms with E-state index in [2.05, 4.69) is 10.3 Å². The third-order valence-electron chi connectivity index (χ3n) is 4.82. The second kappa shape index (κ2) is 7.26. The zero-order chi connectivity index (χ0) is 20.6. The summed E-state index contributed by atoms with van der Waals surface area (Å²) >= 11 is 0. The van der Waals surface area contributed by atoms with Gasteiger partial charge in [0.2, 0.25) is 0 Å². The van der Waals surface area contributed by atoms with Crippen molar-refractivity contribution in [3.8, 4) is 5.75 Å². The number of rotatable bonds is 2. The number of halogens is 3. The second-order valence-corrected chi connectivity index (χ2v) is 6.73. The number of anilines is 2. The van der Waals surface area contributed by atoms with E-state index in [-0.39, 0.29) is 24.2 Å². The number of benzene rings is 1. The van der Waals surface area contributed by atoms with Crippen LogP contribution in [0.2, 0.25) is 0 Å². The molecule has 10 heteroatoms. The number of aromatic nitrogens is 1. The zero-order valence-corrected chi connectivity index (χ0v) is 15.2. The summed E-state index contributed by atoms with van der Waals surface area (Å²) in [6.07, 6.45) is -3.29. The van der Waals surface area contributed by atoms with Gasteiger partial charge >= 0.3 is 6.18 Å². The highest BCUT2D eigenvalue weighted by molar-refractivity contribution is 6.00. The third kappa shape index (κ3) is 3.96. The van der Waals surface area contributed by atoms with Crippen LogP contribution >= 0.6 is 0 Å². The van der Waals surface area contributed by atoms with Crippen LogP contribution in [0.5, 0.6) is 5.75 Å². The monoisotopic (exact) mass is 406 g/mol. The number of hydrogen-bond donors (Lipinski definition) is 1. The van der Waals surface area contributed by atoms with Crippen LogP contribution in [0.3, 0.4) is 0 Å². The molecule has 0 aliphatic carbocycles. The van der Waals surface area contributed by atoms with Crippen LogP contribution in [0.1, 0.15) is 15.9 Å². The number of fused-ring (bicyclic) bond motifs is 1. The first-order chi connectivity index (χ1) is 13.8. The predicted molar refractivity (Wildman–Crippen MR) is 97.9 cm³/mol. The van der Waals surface area contributed by atoms with Crippen molar-refractivity contribution >= 4 is 23.3 Å². The van der Waals surface area contributed by atoms with E-state index in [0.717, 1.165) is 18.3 Å². The highest BCUT2D eigenvalue weighted by Gasteiger charge is 2.32. The lowest BCUT2D eigenvalue weighted by Gasteiger charge is -2.35. The van der Waals surface area contributed by atoms with Crippen LogP contribution in [-0.4, -0.2) is 54.5 Å². The van der Waals surface area contributed by atoms with Gasteiger partial charge in [-0.25, -0.2) is 4.98 Å². The maximum absolute atomic E-state index is 12.9.